The number of hydrogen-bond acceptors (Lipinski definition) is 3. The largest absolute Gasteiger partial charge is 0.310 e. The van der Waals surface area contributed by atoms with Gasteiger partial charge in [0.05, 0.1) is 0 Å². The lowest BCUT2D eigenvalue weighted by Gasteiger charge is -2.19. The predicted molar refractivity (Wildman–Crippen MR) is 77.9 cm³/mol. The highest BCUT2D eigenvalue weighted by molar-refractivity contribution is 5.23. The Morgan fingerprint density at radius 1 is 1.21 bits per heavy atom. The normalized spacial score (nSPS) is 12.3. The van der Waals surface area contributed by atoms with Gasteiger partial charge in [-0.2, -0.15) is 0 Å². The van der Waals surface area contributed by atoms with Crippen molar-refractivity contribution in [1.29, 1.82) is 0 Å². The molecule has 2 aromatic rings. The fourth-order valence-electron chi connectivity index (χ4n) is 2.15. The van der Waals surface area contributed by atoms with Crippen LogP contribution in [0.1, 0.15) is 36.1 Å². The maximum Gasteiger partial charge on any atom is 0.0376 e. The first kappa shape index (κ1) is 13.7. The molecule has 2 heterocycles. The molecule has 2 rings (SSSR count). The molecule has 0 saturated carbocycles. The zero-order chi connectivity index (χ0) is 13.5. The molecule has 3 nitrogen and oxygen atoms in total. The van der Waals surface area contributed by atoms with E-state index in [1.165, 1.54) is 16.7 Å². The lowest BCUT2D eigenvalue weighted by atomic mass is 10.0. The number of rotatable bonds is 6. The monoisotopic (exact) mass is 255 g/mol. The first-order valence-electron chi connectivity index (χ1n) is 6.83. The van der Waals surface area contributed by atoms with Gasteiger partial charge in [-0.15, -0.1) is 0 Å². The molecule has 100 valence electrons. The third-order valence-corrected chi connectivity index (χ3v) is 3.10. The molecule has 0 radical (unpaired) electrons. The van der Waals surface area contributed by atoms with Crippen molar-refractivity contribution in [2.45, 2.75) is 32.7 Å². The smallest absolute Gasteiger partial charge is 0.0376 e. The first-order chi connectivity index (χ1) is 9.29. The van der Waals surface area contributed by atoms with Crippen LogP contribution in [0.5, 0.6) is 0 Å². The summed E-state index contributed by atoms with van der Waals surface area (Å²) >= 11 is 0. The van der Waals surface area contributed by atoms with Crippen molar-refractivity contribution in [3.63, 3.8) is 0 Å². The van der Waals surface area contributed by atoms with Crippen LogP contribution in [0, 0.1) is 6.92 Å². The topological polar surface area (TPSA) is 37.8 Å². The number of aryl methyl sites for hydroxylation is 1. The minimum atomic E-state index is 0.302. The lowest BCUT2D eigenvalue weighted by molar-refractivity contribution is 0.527. The Hall–Kier alpha value is -1.74. The van der Waals surface area contributed by atoms with Crippen LogP contribution < -0.4 is 5.32 Å². The maximum absolute atomic E-state index is 4.30. The average Bonchev–Trinajstić information content (AvgIpc) is 2.44. The van der Waals surface area contributed by atoms with Gasteiger partial charge >= 0.3 is 0 Å². The second-order valence-electron chi connectivity index (χ2n) is 4.87. The zero-order valence-corrected chi connectivity index (χ0v) is 11.6. The van der Waals surface area contributed by atoms with Gasteiger partial charge in [0.25, 0.3) is 0 Å². The summed E-state index contributed by atoms with van der Waals surface area (Å²) in [5, 5.41) is 3.59. The quantitative estimate of drug-likeness (QED) is 0.862. The number of aromatic nitrogens is 2. The van der Waals surface area contributed by atoms with E-state index in [1.54, 1.807) is 0 Å². The molecule has 1 N–H and O–H groups in total. The van der Waals surface area contributed by atoms with E-state index in [0.29, 0.717) is 6.04 Å². The highest BCUT2D eigenvalue weighted by Gasteiger charge is 2.12. The highest BCUT2D eigenvalue weighted by Crippen LogP contribution is 2.18. The van der Waals surface area contributed by atoms with E-state index in [9.17, 15) is 0 Å². The van der Waals surface area contributed by atoms with Gasteiger partial charge in [-0.1, -0.05) is 19.1 Å². The zero-order valence-electron chi connectivity index (χ0n) is 11.6. The molecule has 3 heteroatoms. The first-order valence-corrected chi connectivity index (χ1v) is 6.83. The average molecular weight is 255 g/mol. The molecule has 0 spiro atoms. The van der Waals surface area contributed by atoms with Crippen molar-refractivity contribution in [2.24, 2.45) is 0 Å². The summed E-state index contributed by atoms with van der Waals surface area (Å²) in [7, 11) is 0. The molecule has 1 unspecified atom stereocenters. The molecule has 0 aromatic carbocycles. The maximum atomic E-state index is 4.30. The molecule has 0 saturated heterocycles. The molecule has 0 aliphatic carbocycles. The standard InChI is InChI=1S/C16H21N3/c1-3-6-19-16(9-14-5-4-7-17-11-14)15-8-13(2)10-18-12-15/h4-5,7-8,10-12,16,19H,3,6,9H2,1-2H3. The highest BCUT2D eigenvalue weighted by atomic mass is 14.9. The van der Waals surface area contributed by atoms with E-state index >= 15 is 0 Å². The summed E-state index contributed by atoms with van der Waals surface area (Å²) < 4.78 is 0. The van der Waals surface area contributed by atoms with Gasteiger partial charge in [0.2, 0.25) is 0 Å². The van der Waals surface area contributed by atoms with Crippen LogP contribution in [0.25, 0.3) is 0 Å². The number of nitrogens with zero attached hydrogens (tertiary/aromatic N) is 2. The van der Waals surface area contributed by atoms with Gasteiger partial charge in [0.1, 0.15) is 0 Å². The van der Waals surface area contributed by atoms with Gasteiger partial charge in [-0.25, -0.2) is 0 Å². The van der Waals surface area contributed by atoms with E-state index < -0.39 is 0 Å². The molecular weight excluding hydrogens is 234 g/mol. The van der Waals surface area contributed by atoms with Crippen LogP contribution in [0.3, 0.4) is 0 Å². The van der Waals surface area contributed by atoms with Crippen molar-refractivity contribution < 1.29 is 0 Å². The summed E-state index contributed by atoms with van der Waals surface area (Å²) in [6, 6.07) is 6.62. The molecule has 1 atom stereocenters. The third kappa shape index (κ3) is 4.14. The third-order valence-electron chi connectivity index (χ3n) is 3.10. The van der Waals surface area contributed by atoms with E-state index in [1.807, 2.05) is 30.9 Å². The second kappa shape index (κ2) is 7.00. The summed E-state index contributed by atoms with van der Waals surface area (Å²) in [5.74, 6) is 0. The van der Waals surface area contributed by atoms with Crippen LogP contribution in [-0.2, 0) is 6.42 Å². The Morgan fingerprint density at radius 2 is 2.11 bits per heavy atom. The Labute approximate surface area is 115 Å². The fraction of sp³-hybridized carbons (Fsp3) is 0.375. The van der Waals surface area contributed by atoms with Crippen molar-refractivity contribution in [2.75, 3.05) is 6.54 Å². The van der Waals surface area contributed by atoms with E-state index in [2.05, 4.69) is 41.3 Å². The Morgan fingerprint density at radius 3 is 2.79 bits per heavy atom. The number of pyridine rings is 2. The molecule has 19 heavy (non-hydrogen) atoms. The molecule has 0 bridgehead atoms. The minimum Gasteiger partial charge on any atom is -0.310 e. The molecule has 0 aliphatic heterocycles. The summed E-state index contributed by atoms with van der Waals surface area (Å²) in [6.45, 7) is 5.28. The van der Waals surface area contributed by atoms with Crippen LogP contribution in [0.2, 0.25) is 0 Å². The molecular formula is C16H21N3. The van der Waals surface area contributed by atoms with Crippen LogP contribution >= 0.6 is 0 Å². The fourth-order valence-corrected chi connectivity index (χ4v) is 2.15. The van der Waals surface area contributed by atoms with Crippen molar-refractivity contribution >= 4 is 0 Å². The summed E-state index contributed by atoms with van der Waals surface area (Å²) in [4.78, 5) is 8.49. The van der Waals surface area contributed by atoms with Crippen LogP contribution in [-0.4, -0.2) is 16.5 Å². The number of hydrogen-bond donors (Lipinski definition) is 1. The molecule has 0 amide bonds. The Balaban J connectivity index is 2.16. The van der Waals surface area contributed by atoms with Gasteiger partial charge in [0.15, 0.2) is 0 Å². The van der Waals surface area contributed by atoms with Gasteiger partial charge in [-0.05, 0) is 49.1 Å². The second-order valence-corrected chi connectivity index (χ2v) is 4.87. The number of nitrogens with one attached hydrogen (secondary N) is 1. The molecule has 0 aliphatic rings. The van der Waals surface area contributed by atoms with Crippen molar-refractivity contribution in [3.05, 3.63) is 59.7 Å². The Kier molecular flexibility index (Phi) is 5.04. The summed E-state index contributed by atoms with van der Waals surface area (Å²) in [6.07, 6.45) is 9.67. The summed E-state index contributed by atoms with van der Waals surface area (Å²) in [5.41, 5.74) is 3.70. The SMILES string of the molecule is CCCNC(Cc1cccnc1)c1cncc(C)c1. The van der Waals surface area contributed by atoms with E-state index in [4.69, 9.17) is 0 Å². The van der Waals surface area contributed by atoms with Crippen molar-refractivity contribution in [3.8, 4) is 0 Å². The van der Waals surface area contributed by atoms with Gasteiger partial charge < -0.3 is 5.32 Å². The minimum absolute atomic E-state index is 0.302. The van der Waals surface area contributed by atoms with E-state index in [0.717, 1.165) is 19.4 Å². The molecule has 0 fully saturated rings. The predicted octanol–water partition coefficient (Wildman–Crippen LogP) is 3.07. The molecule has 2 aromatic heterocycles. The van der Waals surface area contributed by atoms with Gasteiger partial charge in [0, 0.05) is 30.8 Å². The van der Waals surface area contributed by atoms with Crippen LogP contribution in [0.4, 0.5) is 0 Å². The van der Waals surface area contributed by atoms with Gasteiger partial charge in [-0.3, -0.25) is 9.97 Å². The van der Waals surface area contributed by atoms with Crippen molar-refractivity contribution in [1.82, 2.24) is 15.3 Å². The Bertz CT molecular complexity index is 496. The lowest BCUT2D eigenvalue weighted by Crippen LogP contribution is -2.24. The van der Waals surface area contributed by atoms with Crippen LogP contribution in [0.15, 0.2) is 43.0 Å². The van der Waals surface area contributed by atoms with E-state index in [-0.39, 0.29) is 0 Å².